The Morgan fingerprint density at radius 1 is 1.15 bits per heavy atom. The highest BCUT2D eigenvalue weighted by Crippen LogP contribution is 2.49. The molecule has 0 bridgehead atoms. The fourth-order valence-corrected chi connectivity index (χ4v) is 4.06. The number of fused-ring (bicyclic) bond motifs is 2. The number of carbonyl (C=O) groups is 1. The van der Waals surface area contributed by atoms with Gasteiger partial charge in [0.15, 0.2) is 0 Å². The van der Waals surface area contributed by atoms with Crippen LogP contribution in [-0.4, -0.2) is 26.6 Å². The fourth-order valence-electron chi connectivity index (χ4n) is 4.06. The minimum absolute atomic E-state index is 0.0623. The minimum Gasteiger partial charge on any atom is -0.497 e. The van der Waals surface area contributed by atoms with E-state index in [0.717, 1.165) is 28.4 Å². The summed E-state index contributed by atoms with van der Waals surface area (Å²) in [4.78, 5) is 16.9. The summed E-state index contributed by atoms with van der Waals surface area (Å²) in [5.74, 6) is 1.03. The molecule has 136 valence electrons. The number of amides is 1. The first-order valence-electron chi connectivity index (χ1n) is 9.02. The largest absolute Gasteiger partial charge is 0.497 e. The van der Waals surface area contributed by atoms with E-state index in [1.807, 2.05) is 37.8 Å². The standard InChI is InChI=1S/C21H25N3O2/c1-6-24-17-12-18-16(11-15(17)21(2,3)20(24)25)22-19(23(18)4)13-7-9-14(26-5)10-8-13/h7-12,19,22H,6H2,1-5H3. The van der Waals surface area contributed by atoms with Gasteiger partial charge in [-0.15, -0.1) is 0 Å². The molecular weight excluding hydrogens is 326 g/mol. The second-order valence-electron chi connectivity index (χ2n) is 7.49. The van der Waals surface area contributed by atoms with Crippen LogP contribution in [0.5, 0.6) is 5.75 Å². The minimum atomic E-state index is -0.487. The van der Waals surface area contributed by atoms with Gasteiger partial charge in [-0.3, -0.25) is 4.79 Å². The Morgan fingerprint density at radius 3 is 2.46 bits per heavy atom. The molecule has 1 N–H and O–H groups in total. The number of benzene rings is 2. The molecule has 0 saturated carbocycles. The lowest BCUT2D eigenvalue weighted by Crippen LogP contribution is -2.35. The lowest BCUT2D eigenvalue weighted by molar-refractivity contribution is -0.122. The zero-order valence-corrected chi connectivity index (χ0v) is 16.0. The third kappa shape index (κ3) is 2.19. The Morgan fingerprint density at radius 2 is 1.85 bits per heavy atom. The first-order chi connectivity index (χ1) is 12.4. The van der Waals surface area contributed by atoms with Crippen molar-refractivity contribution in [1.29, 1.82) is 0 Å². The summed E-state index contributed by atoms with van der Waals surface area (Å²) in [5.41, 5.74) is 5.01. The number of carbonyl (C=O) groups excluding carboxylic acids is 1. The number of nitrogens with one attached hydrogen (secondary N) is 1. The van der Waals surface area contributed by atoms with E-state index in [-0.39, 0.29) is 12.1 Å². The molecule has 2 aromatic carbocycles. The molecule has 2 aromatic rings. The van der Waals surface area contributed by atoms with Crippen LogP contribution in [0.25, 0.3) is 0 Å². The van der Waals surface area contributed by atoms with Crippen molar-refractivity contribution in [3.63, 3.8) is 0 Å². The molecule has 0 fully saturated rings. The van der Waals surface area contributed by atoms with Gasteiger partial charge in [0.05, 0.1) is 29.6 Å². The molecule has 0 saturated heterocycles. The molecule has 0 aromatic heterocycles. The molecule has 2 heterocycles. The van der Waals surface area contributed by atoms with Crippen LogP contribution in [0.2, 0.25) is 0 Å². The van der Waals surface area contributed by atoms with Crippen molar-refractivity contribution in [3.05, 3.63) is 47.5 Å². The molecule has 5 heteroatoms. The molecular formula is C21H25N3O2. The number of hydrogen-bond acceptors (Lipinski definition) is 4. The molecule has 1 atom stereocenters. The maximum absolute atomic E-state index is 12.8. The zero-order valence-electron chi connectivity index (χ0n) is 16.0. The molecule has 26 heavy (non-hydrogen) atoms. The van der Waals surface area contributed by atoms with Crippen molar-refractivity contribution in [3.8, 4) is 5.75 Å². The second-order valence-corrected chi connectivity index (χ2v) is 7.49. The fraction of sp³-hybridized carbons (Fsp3) is 0.381. The van der Waals surface area contributed by atoms with Gasteiger partial charge >= 0.3 is 0 Å². The van der Waals surface area contributed by atoms with Gasteiger partial charge in [-0.1, -0.05) is 12.1 Å². The van der Waals surface area contributed by atoms with Crippen LogP contribution < -0.4 is 19.9 Å². The Labute approximate surface area is 154 Å². The summed E-state index contributed by atoms with van der Waals surface area (Å²) in [5, 5.41) is 3.61. The summed E-state index contributed by atoms with van der Waals surface area (Å²) < 4.78 is 5.26. The van der Waals surface area contributed by atoms with Crippen molar-refractivity contribution in [2.45, 2.75) is 32.4 Å². The number of nitrogens with zero attached hydrogens (tertiary/aromatic N) is 2. The molecule has 0 aliphatic carbocycles. The second kappa shape index (κ2) is 5.66. The summed E-state index contributed by atoms with van der Waals surface area (Å²) in [7, 11) is 3.76. The van der Waals surface area contributed by atoms with Gasteiger partial charge < -0.3 is 19.9 Å². The maximum atomic E-state index is 12.8. The van der Waals surface area contributed by atoms with Gasteiger partial charge in [0.1, 0.15) is 11.9 Å². The van der Waals surface area contributed by atoms with Crippen molar-refractivity contribution in [2.24, 2.45) is 0 Å². The van der Waals surface area contributed by atoms with Gasteiger partial charge in [0.25, 0.3) is 0 Å². The highest BCUT2D eigenvalue weighted by Gasteiger charge is 2.45. The van der Waals surface area contributed by atoms with E-state index in [9.17, 15) is 4.79 Å². The van der Waals surface area contributed by atoms with E-state index in [0.29, 0.717) is 6.54 Å². The monoisotopic (exact) mass is 351 g/mol. The first kappa shape index (κ1) is 16.8. The molecule has 4 rings (SSSR count). The third-order valence-corrected chi connectivity index (χ3v) is 5.67. The SMILES string of the molecule is CCN1C(=O)C(C)(C)c2cc3c(cc21)N(C)C(c1ccc(OC)cc1)N3. The molecule has 1 amide bonds. The lowest BCUT2D eigenvalue weighted by Gasteiger charge is -2.23. The lowest BCUT2D eigenvalue weighted by atomic mass is 9.86. The van der Waals surface area contributed by atoms with Gasteiger partial charge in [-0.25, -0.2) is 0 Å². The Kier molecular flexibility index (Phi) is 3.65. The van der Waals surface area contributed by atoms with Crippen LogP contribution in [0.1, 0.15) is 38.1 Å². The van der Waals surface area contributed by atoms with Gasteiger partial charge in [-0.2, -0.15) is 0 Å². The molecule has 0 radical (unpaired) electrons. The summed E-state index contributed by atoms with van der Waals surface area (Å²) in [6.45, 7) is 6.73. The third-order valence-electron chi connectivity index (χ3n) is 5.67. The number of methoxy groups -OCH3 is 1. The number of hydrogen-bond donors (Lipinski definition) is 1. The van der Waals surface area contributed by atoms with Crippen LogP contribution in [0.4, 0.5) is 17.1 Å². The van der Waals surface area contributed by atoms with E-state index in [4.69, 9.17) is 4.74 Å². The predicted octanol–water partition coefficient (Wildman–Crippen LogP) is 3.90. The quantitative estimate of drug-likeness (QED) is 0.911. The van der Waals surface area contributed by atoms with Crippen molar-refractivity contribution < 1.29 is 9.53 Å². The van der Waals surface area contributed by atoms with E-state index >= 15 is 0 Å². The van der Waals surface area contributed by atoms with Crippen LogP contribution in [-0.2, 0) is 10.2 Å². The van der Waals surface area contributed by atoms with E-state index in [1.165, 1.54) is 5.56 Å². The average molecular weight is 351 g/mol. The topological polar surface area (TPSA) is 44.8 Å². The van der Waals surface area contributed by atoms with Crippen molar-refractivity contribution in [2.75, 3.05) is 35.8 Å². The van der Waals surface area contributed by atoms with E-state index in [2.05, 4.69) is 41.5 Å². The van der Waals surface area contributed by atoms with Gasteiger partial charge in [0, 0.05) is 13.6 Å². The summed E-state index contributed by atoms with van der Waals surface area (Å²) in [6.07, 6.45) is 0.0623. The van der Waals surface area contributed by atoms with Crippen molar-refractivity contribution >= 4 is 23.0 Å². The Balaban J connectivity index is 1.74. The highest BCUT2D eigenvalue weighted by atomic mass is 16.5. The summed E-state index contributed by atoms with van der Waals surface area (Å²) in [6, 6.07) is 12.4. The zero-order chi connectivity index (χ0) is 18.6. The van der Waals surface area contributed by atoms with Gasteiger partial charge in [-0.05, 0) is 56.2 Å². The number of likely N-dealkylation sites (N-methyl/N-ethyl adjacent to an activating group) is 1. The van der Waals surface area contributed by atoms with Crippen LogP contribution >= 0.6 is 0 Å². The van der Waals surface area contributed by atoms with E-state index < -0.39 is 5.41 Å². The molecule has 2 aliphatic rings. The van der Waals surface area contributed by atoms with Crippen LogP contribution in [0, 0.1) is 0 Å². The molecule has 2 aliphatic heterocycles. The smallest absolute Gasteiger partial charge is 0.237 e. The molecule has 1 unspecified atom stereocenters. The summed E-state index contributed by atoms with van der Waals surface area (Å²) >= 11 is 0. The maximum Gasteiger partial charge on any atom is 0.237 e. The number of ether oxygens (including phenoxy) is 1. The van der Waals surface area contributed by atoms with Crippen LogP contribution in [0.3, 0.4) is 0 Å². The number of anilines is 3. The normalized spacial score (nSPS) is 20.0. The van der Waals surface area contributed by atoms with Crippen molar-refractivity contribution in [1.82, 2.24) is 0 Å². The highest BCUT2D eigenvalue weighted by molar-refractivity contribution is 6.09. The van der Waals surface area contributed by atoms with E-state index in [1.54, 1.807) is 7.11 Å². The molecule has 5 nitrogen and oxygen atoms in total. The average Bonchev–Trinajstić information content (AvgIpc) is 3.06. The molecule has 0 spiro atoms. The van der Waals surface area contributed by atoms with Gasteiger partial charge in [0.2, 0.25) is 5.91 Å². The first-order valence-corrected chi connectivity index (χ1v) is 9.02. The number of rotatable bonds is 3. The Hall–Kier alpha value is -2.69. The predicted molar refractivity (Wildman–Crippen MR) is 105 cm³/mol. The Bertz CT molecular complexity index is 874. The van der Waals surface area contributed by atoms with Crippen LogP contribution in [0.15, 0.2) is 36.4 Å².